The molecule has 0 aliphatic carbocycles. The van der Waals surface area contributed by atoms with Crippen molar-refractivity contribution in [3.8, 4) is 17.0 Å². The fourth-order valence-electron chi connectivity index (χ4n) is 3.60. The SMILES string of the molecule is NCCOc1c(-c2ccc(N3CCCC3)cc2)[nH]c(=O)c2cc(F)ccc12. The van der Waals surface area contributed by atoms with Gasteiger partial charge in [-0.25, -0.2) is 4.39 Å². The van der Waals surface area contributed by atoms with Crippen LogP contribution < -0.4 is 20.9 Å². The number of hydrogen-bond acceptors (Lipinski definition) is 4. The molecule has 1 saturated heterocycles. The van der Waals surface area contributed by atoms with Crippen molar-refractivity contribution in [2.75, 3.05) is 31.1 Å². The number of ether oxygens (including phenoxy) is 1. The maximum atomic E-state index is 13.6. The molecule has 0 unspecified atom stereocenters. The molecule has 4 rings (SSSR count). The van der Waals surface area contributed by atoms with Crippen molar-refractivity contribution < 1.29 is 9.13 Å². The number of halogens is 1. The Labute approximate surface area is 156 Å². The highest BCUT2D eigenvalue weighted by molar-refractivity contribution is 5.93. The van der Waals surface area contributed by atoms with Crippen LogP contribution >= 0.6 is 0 Å². The van der Waals surface area contributed by atoms with Crippen molar-refractivity contribution >= 4 is 16.5 Å². The monoisotopic (exact) mass is 367 g/mol. The van der Waals surface area contributed by atoms with E-state index in [1.807, 2.05) is 12.1 Å². The highest BCUT2D eigenvalue weighted by atomic mass is 19.1. The van der Waals surface area contributed by atoms with Crippen LogP contribution in [0.25, 0.3) is 22.0 Å². The number of aromatic nitrogens is 1. The first-order chi connectivity index (χ1) is 13.2. The van der Waals surface area contributed by atoms with Gasteiger partial charge in [0.2, 0.25) is 0 Å². The molecule has 2 aromatic carbocycles. The number of anilines is 1. The van der Waals surface area contributed by atoms with Crippen molar-refractivity contribution in [1.82, 2.24) is 4.98 Å². The molecular formula is C21H22FN3O2. The Hall–Kier alpha value is -2.86. The number of benzene rings is 2. The molecule has 2 heterocycles. The molecule has 1 aromatic heterocycles. The normalized spacial score (nSPS) is 14.1. The summed E-state index contributed by atoms with van der Waals surface area (Å²) < 4.78 is 19.4. The predicted octanol–water partition coefficient (Wildman–Crippen LogP) is 3.27. The predicted molar refractivity (Wildman–Crippen MR) is 106 cm³/mol. The minimum absolute atomic E-state index is 0.263. The zero-order valence-corrected chi connectivity index (χ0v) is 15.0. The van der Waals surface area contributed by atoms with Crippen LogP contribution in [0.2, 0.25) is 0 Å². The fourth-order valence-corrected chi connectivity index (χ4v) is 3.60. The molecule has 0 saturated carbocycles. The van der Waals surface area contributed by atoms with E-state index in [1.54, 1.807) is 6.07 Å². The minimum atomic E-state index is -0.458. The standard InChI is InChI=1S/C21H22FN3O2/c22-15-5-8-17-18(13-15)21(26)24-19(20(17)27-12-9-23)14-3-6-16(7-4-14)25-10-1-2-11-25/h3-8,13H,1-2,9-12,23H2,(H,24,26). The zero-order valence-electron chi connectivity index (χ0n) is 15.0. The van der Waals surface area contributed by atoms with E-state index in [-0.39, 0.29) is 10.9 Å². The van der Waals surface area contributed by atoms with E-state index in [2.05, 4.69) is 22.0 Å². The Balaban J connectivity index is 1.82. The molecule has 0 spiro atoms. The van der Waals surface area contributed by atoms with Gasteiger partial charge in [-0.1, -0.05) is 12.1 Å². The lowest BCUT2D eigenvalue weighted by atomic mass is 10.0. The largest absolute Gasteiger partial charge is 0.489 e. The summed E-state index contributed by atoms with van der Waals surface area (Å²) in [4.78, 5) is 17.7. The van der Waals surface area contributed by atoms with Crippen LogP contribution in [0.15, 0.2) is 47.3 Å². The Morgan fingerprint density at radius 3 is 2.52 bits per heavy atom. The topological polar surface area (TPSA) is 71.3 Å². The van der Waals surface area contributed by atoms with Gasteiger partial charge in [0.25, 0.3) is 5.56 Å². The number of pyridine rings is 1. The number of rotatable bonds is 5. The van der Waals surface area contributed by atoms with E-state index < -0.39 is 5.82 Å². The van der Waals surface area contributed by atoms with Crippen molar-refractivity contribution in [3.63, 3.8) is 0 Å². The van der Waals surface area contributed by atoms with Gasteiger partial charge in [-0.15, -0.1) is 0 Å². The van der Waals surface area contributed by atoms with E-state index in [1.165, 1.54) is 30.7 Å². The minimum Gasteiger partial charge on any atom is -0.489 e. The lowest BCUT2D eigenvalue weighted by Crippen LogP contribution is -2.17. The Morgan fingerprint density at radius 1 is 1.07 bits per heavy atom. The molecular weight excluding hydrogens is 345 g/mol. The number of nitrogens with zero attached hydrogens (tertiary/aromatic N) is 1. The maximum absolute atomic E-state index is 13.6. The second-order valence-electron chi connectivity index (χ2n) is 6.73. The molecule has 0 radical (unpaired) electrons. The molecule has 140 valence electrons. The molecule has 3 N–H and O–H groups in total. The van der Waals surface area contributed by atoms with Gasteiger partial charge in [0.1, 0.15) is 12.4 Å². The van der Waals surface area contributed by atoms with E-state index in [0.29, 0.717) is 30.0 Å². The lowest BCUT2D eigenvalue weighted by molar-refractivity contribution is 0.332. The van der Waals surface area contributed by atoms with E-state index in [0.717, 1.165) is 18.7 Å². The summed E-state index contributed by atoms with van der Waals surface area (Å²) in [5.41, 5.74) is 7.84. The molecule has 6 heteroatoms. The highest BCUT2D eigenvalue weighted by Gasteiger charge is 2.17. The van der Waals surface area contributed by atoms with Gasteiger partial charge in [-0.05, 0) is 43.2 Å². The summed E-state index contributed by atoms with van der Waals surface area (Å²) in [5, 5.41) is 0.840. The Bertz CT molecular complexity index is 1010. The van der Waals surface area contributed by atoms with E-state index in [4.69, 9.17) is 10.5 Å². The summed E-state index contributed by atoms with van der Waals surface area (Å²) >= 11 is 0. The number of nitrogens with one attached hydrogen (secondary N) is 1. The highest BCUT2D eigenvalue weighted by Crippen LogP contribution is 2.34. The van der Waals surface area contributed by atoms with Crippen molar-refractivity contribution in [2.45, 2.75) is 12.8 Å². The molecule has 0 amide bonds. The number of hydrogen-bond donors (Lipinski definition) is 2. The zero-order chi connectivity index (χ0) is 18.8. The van der Waals surface area contributed by atoms with Gasteiger partial charge in [0.05, 0.1) is 11.1 Å². The molecule has 27 heavy (non-hydrogen) atoms. The second-order valence-corrected chi connectivity index (χ2v) is 6.73. The molecule has 0 atom stereocenters. The summed E-state index contributed by atoms with van der Waals surface area (Å²) in [7, 11) is 0. The molecule has 3 aromatic rings. The third-order valence-corrected chi connectivity index (χ3v) is 4.93. The van der Waals surface area contributed by atoms with E-state index >= 15 is 0 Å². The van der Waals surface area contributed by atoms with Crippen LogP contribution in [0.4, 0.5) is 10.1 Å². The third kappa shape index (κ3) is 3.40. The Kier molecular flexibility index (Phi) is 4.81. The van der Waals surface area contributed by atoms with Gasteiger partial charge in [-0.2, -0.15) is 0 Å². The first kappa shape index (κ1) is 17.5. The molecule has 1 aliphatic rings. The fraction of sp³-hybridized carbons (Fsp3) is 0.286. The summed E-state index contributed by atoms with van der Waals surface area (Å²) in [5.74, 6) is 0.0597. The first-order valence-corrected chi connectivity index (χ1v) is 9.21. The van der Waals surface area contributed by atoms with E-state index in [9.17, 15) is 9.18 Å². The quantitative estimate of drug-likeness (QED) is 0.726. The summed E-state index contributed by atoms with van der Waals surface area (Å²) in [6, 6.07) is 12.2. The molecule has 1 fully saturated rings. The van der Waals surface area contributed by atoms with Crippen LogP contribution in [0.5, 0.6) is 5.75 Å². The average Bonchev–Trinajstić information content (AvgIpc) is 3.22. The van der Waals surface area contributed by atoms with Crippen LogP contribution in [-0.2, 0) is 0 Å². The Morgan fingerprint density at radius 2 is 1.81 bits per heavy atom. The second kappa shape index (κ2) is 7.40. The summed E-state index contributed by atoms with van der Waals surface area (Å²) in [6.07, 6.45) is 2.43. The molecule has 5 nitrogen and oxygen atoms in total. The van der Waals surface area contributed by atoms with Gasteiger partial charge < -0.3 is 20.4 Å². The number of fused-ring (bicyclic) bond motifs is 1. The third-order valence-electron chi connectivity index (χ3n) is 4.93. The number of H-pyrrole nitrogens is 1. The number of aromatic amines is 1. The van der Waals surface area contributed by atoms with Crippen LogP contribution in [0.3, 0.4) is 0 Å². The first-order valence-electron chi connectivity index (χ1n) is 9.21. The van der Waals surface area contributed by atoms with Crippen molar-refractivity contribution in [1.29, 1.82) is 0 Å². The van der Waals surface area contributed by atoms with Gasteiger partial charge >= 0.3 is 0 Å². The van der Waals surface area contributed by atoms with Gasteiger partial charge in [0.15, 0.2) is 5.75 Å². The van der Waals surface area contributed by atoms with Gasteiger partial charge in [-0.3, -0.25) is 4.79 Å². The smallest absolute Gasteiger partial charge is 0.256 e. The van der Waals surface area contributed by atoms with Crippen molar-refractivity contribution in [2.24, 2.45) is 5.73 Å². The number of nitrogens with two attached hydrogens (primary N) is 1. The van der Waals surface area contributed by atoms with Crippen molar-refractivity contribution in [3.05, 3.63) is 58.6 Å². The summed E-state index contributed by atoms with van der Waals surface area (Å²) in [6.45, 7) is 2.79. The van der Waals surface area contributed by atoms with Crippen LogP contribution in [0, 0.1) is 5.82 Å². The van der Waals surface area contributed by atoms with Gasteiger partial charge in [0, 0.05) is 36.3 Å². The lowest BCUT2D eigenvalue weighted by Gasteiger charge is -2.18. The molecule has 0 bridgehead atoms. The maximum Gasteiger partial charge on any atom is 0.256 e. The van der Waals surface area contributed by atoms with Crippen LogP contribution in [0.1, 0.15) is 12.8 Å². The molecule has 1 aliphatic heterocycles. The van der Waals surface area contributed by atoms with Crippen LogP contribution in [-0.4, -0.2) is 31.2 Å². The average molecular weight is 367 g/mol.